The molecule has 0 aromatic heterocycles. The van der Waals surface area contributed by atoms with Gasteiger partial charge in [0, 0.05) is 12.1 Å². The molecule has 0 heterocycles. The number of nitrogens with one attached hydrogen (secondary N) is 1. The van der Waals surface area contributed by atoms with Crippen molar-refractivity contribution in [3.63, 3.8) is 0 Å². The van der Waals surface area contributed by atoms with E-state index in [2.05, 4.69) is 10.1 Å². The molecule has 0 aliphatic carbocycles. The van der Waals surface area contributed by atoms with Crippen LogP contribution in [0.2, 0.25) is 0 Å². The Hall–Kier alpha value is -1.69. The van der Waals surface area contributed by atoms with Crippen LogP contribution in [0, 0.1) is 5.92 Å². The van der Waals surface area contributed by atoms with Gasteiger partial charge in [0.15, 0.2) is 0 Å². The Balaban J connectivity index is 2.50. The first-order chi connectivity index (χ1) is 8.51. The number of halogens is 2. The van der Waals surface area contributed by atoms with Crippen LogP contribution >= 0.6 is 0 Å². The summed E-state index contributed by atoms with van der Waals surface area (Å²) in [5.74, 6) is 0.000225. The largest absolute Gasteiger partial charge is 0.435 e. The monoisotopic (exact) mass is 258 g/mol. The van der Waals surface area contributed by atoms with E-state index in [9.17, 15) is 13.6 Å². The smallest absolute Gasteiger partial charge is 0.387 e. The molecule has 0 saturated carbocycles. The predicted octanol–water partition coefficient (Wildman–Crippen LogP) is 2.21. The summed E-state index contributed by atoms with van der Waals surface area (Å²) in [7, 11) is 0. The van der Waals surface area contributed by atoms with Crippen molar-refractivity contribution in [1.29, 1.82) is 0 Å². The zero-order valence-electron chi connectivity index (χ0n) is 10.0. The fraction of sp³-hybridized carbons (Fsp3) is 0.417. The fourth-order valence-corrected chi connectivity index (χ4v) is 1.33. The van der Waals surface area contributed by atoms with Crippen LogP contribution in [0.25, 0.3) is 0 Å². The Morgan fingerprint density at radius 3 is 2.50 bits per heavy atom. The molecule has 4 nitrogen and oxygen atoms in total. The molecule has 1 unspecified atom stereocenters. The molecule has 0 fully saturated rings. The van der Waals surface area contributed by atoms with Crippen LogP contribution in [0.5, 0.6) is 5.75 Å². The van der Waals surface area contributed by atoms with Crippen LogP contribution in [0.15, 0.2) is 24.3 Å². The molecule has 3 N–H and O–H groups in total. The highest BCUT2D eigenvalue weighted by Gasteiger charge is 2.08. The topological polar surface area (TPSA) is 64.4 Å². The van der Waals surface area contributed by atoms with Crippen molar-refractivity contribution in [2.45, 2.75) is 20.0 Å². The summed E-state index contributed by atoms with van der Waals surface area (Å²) in [5.41, 5.74) is 5.95. The average Bonchev–Trinajstić information content (AvgIpc) is 2.30. The zero-order chi connectivity index (χ0) is 13.5. The lowest BCUT2D eigenvalue weighted by Crippen LogP contribution is -2.20. The summed E-state index contributed by atoms with van der Waals surface area (Å²) < 4.78 is 28.0. The van der Waals surface area contributed by atoms with E-state index >= 15 is 0 Å². The molecule has 0 aliphatic rings. The first-order valence-electron chi connectivity index (χ1n) is 5.56. The Labute approximate surface area is 104 Å². The van der Waals surface area contributed by atoms with Crippen molar-refractivity contribution >= 4 is 11.6 Å². The molecule has 100 valence electrons. The number of hydrogen-bond acceptors (Lipinski definition) is 3. The van der Waals surface area contributed by atoms with Crippen LogP contribution in [0.3, 0.4) is 0 Å². The highest BCUT2D eigenvalue weighted by Crippen LogP contribution is 2.18. The molecule has 0 saturated heterocycles. The van der Waals surface area contributed by atoms with E-state index in [1.54, 1.807) is 0 Å². The van der Waals surface area contributed by atoms with E-state index in [0.717, 1.165) is 0 Å². The van der Waals surface area contributed by atoms with E-state index < -0.39 is 6.61 Å². The van der Waals surface area contributed by atoms with Gasteiger partial charge in [-0.05, 0) is 36.7 Å². The standard InChI is InChI=1S/C12H16F2N2O2/c1-8(7-15)6-11(17)16-9-2-4-10(5-3-9)18-12(13)14/h2-5,8,12H,6-7,15H2,1H3,(H,16,17). The molecule has 0 aliphatic heterocycles. The third-order valence-corrected chi connectivity index (χ3v) is 2.30. The lowest BCUT2D eigenvalue weighted by Gasteiger charge is -2.10. The number of anilines is 1. The summed E-state index contributed by atoms with van der Waals surface area (Å²) in [6.45, 7) is -0.538. The summed E-state index contributed by atoms with van der Waals surface area (Å²) in [4.78, 5) is 11.5. The van der Waals surface area contributed by atoms with Gasteiger partial charge in [-0.3, -0.25) is 4.79 Å². The van der Waals surface area contributed by atoms with Crippen molar-refractivity contribution in [1.82, 2.24) is 0 Å². The maximum atomic E-state index is 11.9. The van der Waals surface area contributed by atoms with Crippen molar-refractivity contribution in [2.75, 3.05) is 11.9 Å². The first kappa shape index (κ1) is 14.4. The SMILES string of the molecule is CC(CN)CC(=O)Nc1ccc(OC(F)F)cc1. The molecule has 1 amide bonds. The van der Waals surface area contributed by atoms with Gasteiger partial charge in [0.2, 0.25) is 5.91 Å². The Bertz CT molecular complexity index is 382. The van der Waals surface area contributed by atoms with E-state index in [0.29, 0.717) is 18.7 Å². The molecule has 0 spiro atoms. The number of rotatable bonds is 6. The van der Waals surface area contributed by atoms with Crippen molar-refractivity contribution < 1.29 is 18.3 Å². The highest BCUT2D eigenvalue weighted by molar-refractivity contribution is 5.90. The molecule has 1 atom stereocenters. The summed E-state index contributed by atoms with van der Waals surface area (Å²) >= 11 is 0. The molecule has 0 bridgehead atoms. The molecular formula is C12H16F2N2O2. The molecule has 18 heavy (non-hydrogen) atoms. The van der Waals surface area contributed by atoms with Gasteiger partial charge < -0.3 is 15.8 Å². The number of hydrogen-bond donors (Lipinski definition) is 2. The maximum absolute atomic E-state index is 11.9. The van der Waals surface area contributed by atoms with E-state index in [1.165, 1.54) is 24.3 Å². The lowest BCUT2D eigenvalue weighted by molar-refractivity contribution is -0.116. The van der Waals surface area contributed by atoms with Gasteiger partial charge in [0.25, 0.3) is 0 Å². The van der Waals surface area contributed by atoms with Gasteiger partial charge >= 0.3 is 6.61 Å². The second kappa shape index (κ2) is 6.90. The molecule has 1 rings (SSSR count). The number of carbonyl (C=O) groups excluding carboxylic acids is 1. The molecule has 6 heteroatoms. The Morgan fingerprint density at radius 2 is 2.00 bits per heavy atom. The minimum atomic E-state index is -2.85. The van der Waals surface area contributed by atoms with E-state index in [4.69, 9.17) is 5.73 Å². The molecule has 1 aromatic carbocycles. The number of amides is 1. The maximum Gasteiger partial charge on any atom is 0.387 e. The van der Waals surface area contributed by atoms with Crippen LogP contribution < -0.4 is 15.8 Å². The molecule has 0 radical (unpaired) electrons. The Kier molecular flexibility index (Phi) is 5.51. The highest BCUT2D eigenvalue weighted by atomic mass is 19.3. The molecule has 1 aromatic rings. The van der Waals surface area contributed by atoms with Crippen LogP contribution in [0.1, 0.15) is 13.3 Å². The van der Waals surface area contributed by atoms with Crippen LogP contribution in [0.4, 0.5) is 14.5 Å². The Morgan fingerprint density at radius 1 is 1.39 bits per heavy atom. The number of nitrogens with two attached hydrogens (primary N) is 1. The van der Waals surface area contributed by atoms with Crippen LogP contribution in [-0.2, 0) is 4.79 Å². The molecular weight excluding hydrogens is 242 g/mol. The number of ether oxygens (including phenoxy) is 1. The summed E-state index contributed by atoms with van der Waals surface area (Å²) in [6.07, 6.45) is 0.325. The minimum absolute atomic E-state index is 0.0540. The van der Waals surface area contributed by atoms with Gasteiger partial charge in [0.1, 0.15) is 5.75 Å². The summed E-state index contributed by atoms with van der Waals surface area (Å²) in [5, 5.41) is 2.65. The van der Waals surface area contributed by atoms with Gasteiger partial charge in [0.05, 0.1) is 0 Å². The van der Waals surface area contributed by atoms with Crippen molar-refractivity contribution in [2.24, 2.45) is 11.7 Å². The third-order valence-electron chi connectivity index (χ3n) is 2.30. The third kappa shape index (κ3) is 5.09. The average molecular weight is 258 g/mol. The predicted molar refractivity (Wildman–Crippen MR) is 64.5 cm³/mol. The van der Waals surface area contributed by atoms with Gasteiger partial charge in [-0.2, -0.15) is 8.78 Å². The summed E-state index contributed by atoms with van der Waals surface area (Å²) in [6, 6.07) is 5.74. The van der Waals surface area contributed by atoms with Gasteiger partial charge in [-0.1, -0.05) is 6.92 Å². The number of benzene rings is 1. The fourth-order valence-electron chi connectivity index (χ4n) is 1.33. The van der Waals surface area contributed by atoms with Crippen molar-refractivity contribution in [3.05, 3.63) is 24.3 Å². The normalized spacial score (nSPS) is 12.3. The van der Waals surface area contributed by atoms with Gasteiger partial charge in [-0.15, -0.1) is 0 Å². The number of alkyl halides is 2. The zero-order valence-corrected chi connectivity index (χ0v) is 10.0. The lowest BCUT2D eigenvalue weighted by atomic mass is 10.1. The second-order valence-electron chi connectivity index (χ2n) is 4.00. The second-order valence-corrected chi connectivity index (χ2v) is 4.00. The minimum Gasteiger partial charge on any atom is -0.435 e. The van der Waals surface area contributed by atoms with Crippen molar-refractivity contribution in [3.8, 4) is 5.75 Å². The van der Waals surface area contributed by atoms with E-state index in [1.807, 2.05) is 6.92 Å². The number of carbonyl (C=O) groups is 1. The van der Waals surface area contributed by atoms with Crippen LogP contribution in [-0.4, -0.2) is 19.1 Å². The van der Waals surface area contributed by atoms with Gasteiger partial charge in [-0.25, -0.2) is 0 Å². The first-order valence-corrected chi connectivity index (χ1v) is 5.56. The quantitative estimate of drug-likeness (QED) is 0.822. The van der Waals surface area contributed by atoms with E-state index in [-0.39, 0.29) is 17.6 Å².